The summed E-state index contributed by atoms with van der Waals surface area (Å²) in [6.45, 7) is 4.23. The largest absolute Gasteiger partial charge is 0.490 e. The van der Waals surface area contributed by atoms with E-state index in [1.165, 1.54) is 5.56 Å². The van der Waals surface area contributed by atoms with E-state index in [1.807, 2.05) is 12.1 Å². The molecule has 0 aliphatic carbocycles. The average molecular weight is 390 g/mol. The van der Waals surface area contributed by atoms with Crippen LogP contribution in [0.25, 0.3) is 11.0 Å². The van der Waals surface area contributed by atoms with Crippen LogP contribution in [0.15, 0.2) is 22.8 Å². The number of carbonyl (C=O) groups is 1. The third-order valence-electron chi connectivity index (χ3n) is 4.29. The molecule has 1 aromatic heterocycles. The fourth-order valence-electron chi connectivity index (χ4n) is 2.80. The summed E-state index contributed by atoms with van der Waals surface area (Å²) in [4.78, 5) is 13.7. The first-order chi connectivity index (χ1) is 12.7. The molecule has 2 aromatic rings. The van der Waals surface area contributed by atoms with Crippen molar-refractivity contribution >= 4 is 17.0 Å². The lowest BCUT2D eigenvalue weighted by Gasteiger charge is -2.39. The molecule has 1 saturated heterocycles. The Labute approximate surface area is 153 Å². The fraction of sp³-hybridized carbons (Fsp3) is 0.562. The number of likely N-dealkylation sites (N-methyl/N-ethyl adjacent to an activating group) is 1. The minimum Gasteiger partial charge on any atom is -0.475 e. The number of nitrogens with zero attached hydrogens (tertiary/aromatic N) is 4. The number of aliphatic hydroxyl groups is 1. The van der Waals surface area contributed by atoms with E-state index in [-0.39, 0.29) is 6.61 Å². The zero-order valence-electron chi connectivity index (χ0n) is 14.7. The maximum Gasteiger partial charge on any atom is 0.490 e. The van der Waals surface area contributed by atoms with Gasteiger partial charge < -0.3 is 15.1 Å². The molecule has 27 heavy (non-hydrogen) atoms. The standard InChI is InChI=1S/C14H20N4O2.C2HF3O2/c1-17-5-6-18(10-12(17)4-7-19)9-11-2-3-13-14(8-11)16-20-15-13;3-2(4,5)1(6)7/h2-3,8,12,19H,4-7,9-10H2,1H3;(H,6,7). The van der Waals surface area contributed by atoms with Gasteiger partial charge in [-0.15, -0.1) is 0 Å². The highest BCUT2D eigenvalue weighted by Crippen LogP contribution is 2.17. The Morgan fingerprint density at radius 3 is 2.59 bits per heavy atom. The molecular formula is C16H21F3N4O4. The van der Waals surface area contributed by atoms with Gasteiger partial charge in [-0.2, -0.15) is 13.2 Å². The molecule has 150 valence electrons. The van der Waals surface area contributed by atoms with Crippen LogP contribution in [0.4, 0.5) is 13.2 Å². The molecule has 1 aromatic carbocycles. The lowest BCUT2D eigenvalue weighted by molar-refractivity contribution is -0.192. The number of aliphatic hydroxyl groups excluding tert-OH is 1. The van der Waals surface area contributed by atoms with Crippen LogP contribution >= 0.6 is 0 Å². The maximum absolute atomic E-state index is 10.6. The van der Waals surface area contributed by atoms with Gasteiger partial charge in [-0.1, -0.05) is 6.07 Å². The van der Waals surface area contributed by atoms with E-state index >= 15 is 0 Å². The first-order valence-corrected chi connectivity index (χ1v) is 8.25. The monoisotopic (exact) mass is 390 g/mol. The highest BCUT2D eigenvalue weighted by molar-refractivity contribution is 5.73. The second-order valence-corrected chi connectivity index (χ2v) is 6.27. The number of aromatic nitrogens is 2. The van der Waals surface area contributed by atoms with Crippen molar-refractivity contribution in [1.82, 2.24) is 20.1 Å². The summed E-state index contributed by atoms with van der Waals surface area (Å²) in [5.74, 6) is -2.76. The Bertz CT molecular complexity index is 753. The van der Waals surface area contributed by atoms with E-state index in [1.54, 1.807) is 0 Å². The maximum atomic E-state index is 10.6. The molecule has 1 aliphatic rings. The van der Waals surface area contributed by atoms with Crippen molar-refractivity contribution < 1.29 is 32.8 Å². The second-order valence-electron chi connectivity index (χ2n) is 6.27. The predicted octanol–water partition coefficient (Wildman–Crippen LogP) is 1.35. The Morgan fingerprint density at radius 1 is 1.30 bits per heavy atom. The fourth-order valence-corrected chi connectivity index (χ4v) is 2.80. The van der Waals surface area contributed by atoms with E-state index < -0.39 is 12.1 Å². The summed E-state index contributed by atoms with van der Waals surface area (Å²) in [6.07, 6.45) is -4.25. The zero-order valence-corrected chi connectivity index (χ0v) is 14.7. The van der Waals surface area contributed by atoms with E-state index in [9.17, 15) is 13.2 Å². The van der Waals surface area contributed by atoms with Gasteiger partial charge in [0.15, 0.2) is 0 Å². The molecular weight excluding hydrogens is 369 g/mol. The van der Waals surface area contributed by atoms with Crippen molar-refractivity contribution in [2.24, 2.45) is 0 Å². The molecule has 0 bridgehead atoms. The van der Waals surface area contributed by atoms with Crippen molar-refractivity contribution in [2.75, 3.05) is 33.3 Å². The molecule has 2 N–H and O–H groups in total. The van der Waals surface area contributed by atoms with Gasteiger partial charge in [0.25, 0.3) is 0 Å². The summed E-state index contributed by atoms with van der Waals surface area (Å²) in [6, 6.07) is 6.49. The number of fused-ring (bicyclic) bond motifs is 1. The van der Waals surface area contributed by atoms with Crippen LogP contribution in [-0.4, -0.2) is 81.8 Å². The molecule has 1 aliphatic heterocycles. The van der Waals surface area contributed by atoms with Crippen molar-refractivity contribution in [3.05, 3.63) is 23.8 Å². The Hall–Kier alpha value is -2.24. The van der Waals surface area contributed by atoms with Gasteiger partial charge in [-0.05, 0) is 41.5 Å². The van der Waals surface area contributed by atoms with Gasteiger partial charge in [0.2, 0.25) is 0 Å². The third-order valence-corrected chi connectivity index (χ3v) is 4.29. The number of carboxylic acids is 1. The number of carboxylic acid groups (broad SMARTS) is 1. The lowest BCUT2D eigenvalue weighted by Crippen LogP contribution is -2.51. The van der Waals surface area contributed by atoms with Gasteiger partial charge in [0, 0.05) is 38.8 Å². The van der Waals surface area contributed by atoms with Crippen molar-refractivity contribution in [1.29, 1.82) is 0 Å². The van der Waals surface area contributed by atoms with Gasteiger partial charge >= 0.3 is 12.1 Å². The normalized spacial score (nSPS) is 18.9. The number of benzene rings is 1. The smallest absolute Gasteiger partial charge is 0.475 e. The molecule has 0 amide bonds. The van der Waals surface area contributed by atoms with Crippen LogP contribution in [0.2, 0.25) is 0 Å². The van der Waals surface area contributed by atoms with E-state index in [0.29, 0.717) is 6.04 Å². The Kier molecular flexibility index (Phi) is 7.11. The first kappa shape index (κ1) is 21.1. The van der Waals surface area contributed by atoms with Gasteiger partial charge in [0.05, 0.1) is 0 Å². The number of aliphatic carboxylic acids is 1. The van der Waals surface area contributed by atoms with Gasteiger partial charge in [0.1, 0.15) is 11.0 Å². The zero-order chi connectivity index (χ0) is 20.0. The average Bonchev–Trinajstić information content (AvgIpc) is 3.05. The molecule has 0 saturated carbocycles. The SMILES string of the molecule is CN1CCN(Cc2ccc3nonc3c2)CC1CCO.O=C(O)C(F)(F)F. The molecule has 8 nitrogen and oxygen atoms in total. The van der Waals surface area contributed by atoms with Crippen molar-refractivity contribution in [3.63, 3.8) is 0 Å². The highest BCUT2D eigenvalue weighted by Gasteiger charge is 2.38. The summed E-state index contributed by atoms with van der Waals surface area (Å²) in [5, 5.41) is 24.0. The van der Waals surface area contributed by atoms with Crippen LogP contribution < -0.4 is 0 Å². The second kappa shape index (κ2) is 9.11. The van der Waals surface area contributed by atoms with Crippen LogP contribution in [0, 0.1) is 0 Å². The summed E-state index contributed by atoms with van der Waals surface area (Å²) in [5.41, 5.74) is 2.83. The van der Waals surface area contributed by atoms with E-state index in [2.05, 4.69) is 33.2 Å². The molecule has 1 atom stereocenters. The predicted molar refractivity (Wildman–Crippen MR) is 88.9 cm³/mol. The molecule has 3 rings (SSSR count). The molecule has 0 spiro atoms. The molecule has 2 heterocycles. The first-order valence-electron chi connectivity index (χ1n) is 8.25. The highest BCUT2D eigenvalue weighted by atomic mass is 19.4. The van der Waals surface area contributed by atoms with Crippen LogP contribution in [0.1, 0.15) is 12.0 Å². The summed E-state index contributed by atoms with van der Waals surface area (Å²) < 4.78 is 36.5. The quantitative estimate of drug-likeness (QED) is 0.807. The van der Waals surface area contributed by atoms with E-state index in [0.717, 1.165) is 43.6 Å². The Morgan fingerprint density at radius 2 is 1.96 bits per heavy atom. The van der Waals surface area contributed by atoms with Crippen molar-refractivity contribution in [3.8, 4) is 0 Å². The summed E-state index contributed by atoms with van der Waals surface area (Å²) in [7, 11) is 2.13. The van der Waals surface area contributed by atoms with Crippen LogP contribution in [0.3, 0.4) is 0 Å². The molecule has 11 heteroatoms. The third kappa shape index (κ3) is 6.15. The number of rotatable bonds is 4. The minimum atomic E-state index is -5.08. The number of piperazine rings is 1. The molecule has 0 radical (unpaired) electrons. The number of hydrogen-bond donors (Lipinski definition) is 2. The number of hydrogen-bond acceptors (Lipinski definition) is 7. The molecule has 1 unspecified atom stereocenters. The van der Waals surface area contributed by atoms with Gasteiger partial charge in [-0.25, -0.2) is 9.42 Å². The lowest BCUT2D eigenvalue weighted by atomic mass is 10.1. The Balaban J connectivity index is 0.000000321. The summed E-state index contributed by atoms with van der Waals surface area (Å²) >= 11 is 0. The molecule has 1 fully saturated rings. The van der Waals surface area contributed by atoms with E-state index in [4.69, 9.17) is 19.6 Å². The van der Waals surface area contributed by atoms with Gasteiger partial charge in [-0.3, -0.25) is 4.90 Å². The minimum absolute atomic E-state index is 0.249. The van der Waals surface area contributed by atoms with Crippen LogP contribution in [0.5, 0.6) is 0 Å². The van der Waals surface area contributed by atoms with Crippen LogP contribution in [-0.2, 0) is 11.3 Å². The number of alkyl halides is 3. The topological polar surface area (TPSA) is 103 Å². The number of halogens is 3. The van der Waals surface area contributed by atoms with Crippen molar-refractivity contribution in [2.45, 2.75) is 25.2 Å².